The molecule has 0 saturated heterocycles. The quantitative estimate of drug-likeness (QED) is 0.709. The molecule has 1 amide bonds. The second kappa shape index (κ2) is 8.68. The van der Waals surface area contributed by atoms with Crippen LogP contribution in [-0.4, -0.2) is 46.3 Å². The molecule has 2 fully saturated rings. The van der Waals surface area contributed by atoms with E-state index in [9.17, 15) is 15.0 Å². The normalized spacial score (nSPS) is 24.1. The van der Waals surface area contributed by atoms with Crippen molar-refractivity contribution >= 4 is 5.91 Å². The lowest BCUT2D eigenvalue weighted by Gasteiger charge is -2.35. The summed E-state index contributed by atoms with van der Waals surface area (Å²) in [6, 6.07) is 7.55. The van der Waals surface area contributed by atoms with Gasteiger partial charge in [-0.3, -0.25) is 9.69 Å². The third-order valence-electron chi connectivity index (χ3n) is 5.64. The molecule has 3 N–H and O–H groups in total. The molecular formula is C20H30N2O3. The molecule has 5 heteroatoms. The molecule has 5 nitrogen and oxygen atoms in total. The standard InChI is InChI=1S/C20H30N2O3/c23-18-9-7-17(8-10-18)22(13-16-5-2-6-19(24)11-16)14-20(25)21-12-15-3-1-4-15/h2,5-6,11,15,17-18,23-24H,1,3-4,7-10,12-14H2,(H,21,25). The third kappa shape index (κ3) is 5.44. The van der Waals surface area contributed by atoms with Gasteiger partial charge in [-0.05, 0) is 62.1 Å². The highest BCUT2D eigenvalue weighted by atomic mass is 16.3. The molecule has 138 valence electrons. The molecule has 2 aliphatic carbocycles. The molecule has 1 aromatic rings. The van der Waals surface area contributed by atoms with E-state index >= 15 is 0 Å². The molecule has 0 aromatic heterocycles. The van der Waals surface area contributed by atoms with Gasteiger partial charge in [-0.2, -0.15) is 0 Å². The van der Waals surface area contributed by atoms with Crippen LogP contribution in [0, 0.1) is 5.92 Å². The summed E-state index contributed by atoms with van der Waals surface area (Å²) >= 11 is 0. The molecule has 25 heavy (non-hydrogen) atoms. The second-order valence-electron chi connectivity index (χ2n) is 7.64. The topological polar surface area (TPSA) is 72.8 Å². The molecule has 0 heterocycles. The van der Waals surface area contributed by atoms with E-state index in [1.54, 1.807) is 12.1 Å². The van der Waals surface area contributed by atoms with Crippen LogP contribution in [0.5, 0.6) is 5.75 Å². The van der Waals surface area contributed by atoms with Gasteiger partial charge in [0.1, 0.15) is 5.75 Å². The molecule has 0 bridgehead atoms. The smallest absolute Gasteiger partial charge is 0.234 e. The van der Waals surface area contributed by atoms with E-state index in [-0.39, 0.29) is 17.8 Å². The van der Waals surface area contributed by atoms with E-state index < -0.39 is 0 Å². The zero-order valence-corrected chi connectivity index (χ0v) is 14.9. The SMILES string of the molecule is O=C(CN(Cc1cccc(O)c1)C1CCC(O)CC1)NCC1CCC1. The predicted molar refractivity (Wildman–Crippen MR) is 97.1 cm³/mol. The summed E-state index contributed by atoms with van der Waals surface area (Å²) in [7, 11) is 0. The first kappa shape index (κ1) is 18.2. The molecular weight excluding hydrogens is 316 g/mol. The number of hydrogen-bond acceptors (Lipinski definition) is 4. The van der Waals surface area contributed by atoms with Gasteiger partial charge in [0.05, 0.1) is 12.6 Å². The van der Waals surface area contributed by atoms with Crippen LogP contribution in [-0.2, 0) is 11.3 Å². The molecule has 0 unspecified atom stereocenters. The van der Waals surface area contributed by atoms with Crippen LogP contribution in [0.4, 0.5) is 0 Å². The number of phenolic OH excluding ortho intramolecular Hbond substituents is 1. The van der Waals surface area contributed by atoms with Crippen molar-refractivity contribution in [2.75, 3.05) is 13.1 Å². The fourth-order valence-electron chi connectivity index (χ4n) is 3.82. The Bertz CT molecular complexity index is 566. The Morgan fingerprint density at radius 3 is 2.56 bits per heavy atom. The first-order valence-electron chi connectivity index (χ1n) is 9.57. The van der Waals surface area contributed by atoms with E-state index in [0.29, 0.717) is 25.0 Å². The van der Waals surface area contributed by atoms with E-state index in [4.69, 9.17) is 0 Å². The Morgan fingerprint density at radius 2 is 1.92 bits per heavy atom. The number of nitrogens with one attached hydrogen (secondary N) is 1. The van der Waals surface area contributed by atoms with Crippen molar-refractivity contribution < 1.29 is 15.0 Å². The lowest BCUT2D eigenvalue weighted by Crippen LogP contribution is -2.45. The van der Waals surface area contributed by atoms with Gasteiger partial charge in [-0.15, -0.1) is 0 Å². The Morgan fingerprint density at radius 1 is 1.16 bits per heavy atom. The minimum absolute atomic E-state index is 0.0816. The molecule has 0 atom stereocenters. The molecule has 1 aromatic carbocycles. The van der Waals surface area contributed by atoms with Gasteiger partial charge < -0.3 is 15.5 Å². The maximum atomic E-state index is 12.4. The second-order valence-corrected chi connectivity index (χ2v) is 7.64. The van der Waals surface area contributed by atoms with Crippen LogP contribution in [0.1, 0.15) is 50.5 Å². The average Bonchev–Trinajstić information content (AvgIpc) is 2.53. The molecule has 0 radical (unpaired) electrons. The van der Waals surface area contributed by atoms with Crippen LogP contribution < -0.4 is 5.32 Å². The molecule has 0 spiro atoms. The number of benzene rings is 1. The van der Waals surface area contributed by atoms with Crippen molar-refractivity contribution in [1.29, 1.82) is 0 Å². The highest BCUT2D eigenvalue weighted by Gasteiger charge is 2.27. The maximum absolute atomic E-state index is 12.4. The Kier molecular flexibility index (Phi) is 6.32. The summed E-state index contributed by atoms with van der Waals surface area (Å²) in [5, 5.41) is 22.5. The van der Waals surface area contributed by atoms with Gasteiger partial charge in [0.15, 0.2) is 0 Å². The molecule has 3 rings (SSSR count). The van der Waals surface area contributed by atoms with Crippen LogP contribution in [0.15, 0.2) is 24.3 Å². The lowest BCUT2D eigenvalue weighted by atomic mass is 9.85. The number of hydrogen-bond donors (Lipinski definition) is 3. The minimum atomic E-state index is -0.202. The zero-order chi connectivity index (χ0) is 17.6. The van der Waals surface area contributed by atoms with Crippen molar-refractivity contribution in [2.45, 2.75) is 63.6 Å². The highest BCUT2D eigenvalue weighted by molar-refractivity contribution is 5.78. The summed E-state index contributed by atoms with van der Waals surface area (Å²) in [5.41, 5.74) is 1.01. The number of nitrogens with zero attached hydrogens (tertiary/aromatic N) is 1. The van der Waals surface area contributed by atoms with E-state index in [1.807, 2.05) is 12.1 Å². The van der Waals surface area contributed by atoms with Gasteiger partial charge in [-0.1, -0.05) is 18.6 Å². The predicted octanol–water partition coefficient (Wildman–Crippen LogP) is 2.41. The van der Waals surface area contributed by atoms with Crippen molar-refractivity contribution in [3.8, 4) is 5.75 Å². The first-order valence-corrected chi connectivity index (χ1v) is 9.57. The highest BCUT2D eigenvalue weighted by Crippen LogP contribution is 2.26. The average molecular weight is 346 g/mol. The molecule has 0 aliphatic heterocycles. The monoisotopic (exact) mass is 346 g/mol. The summed E-state index contributed by atoms with van der Waals surface area (Å²) in [6.07, 6.45) is 6.96. The third-order valence-corrected chi connectivity index (χ3v) is 5.64. The van der Waals surface area contributed by atoms with Crippen LogP contribution in [0.3, 0.4) is 0 Å². The Balaban J connectivity index is 1.59. The van der Waals surface area contributed by atoms with E-state index in [1.165, 1.54) is 19.3 Å². The number of amides is 1. The van der Waals surface area contributed by atoms with Gasteiger partial charge in [0.2, 0.25) is 5.91 Å². The van der Waals surface area contributed by atoms with Gasteiger partial charge >= 0.3 is 0 Å². The van der Waals surface area contributed by atoms with Gasteiger partial charge in [0, 0.05) is 19.1 Å². The van der Waals surface area contributed by atoms with Crippen LogP contribution in [0.25, 0.3) is 0 Å². The van der Waals surface area contributed by atoms with Crippen molar-refractivity contribution in [3.63, 3.8) is 0 Å². The first-order chi connectivity index (χ1) is 12.1. The fourth-order valence-corrected chi connectivity index (χ4v) is 3.82. The largest absolute Gasteiger partial charge is 0.508 e. The molecule has 2 saturated carbocycles. The zero-order valence-electron chi connectivity index (χ0n) is 14.9. The summed E-state index contributed by atoms with van der Waals surface area (Å²) < 4.78 is 0. The van der Waals surface area contributed by atoms with Crippen LogP contribution in [0.2, 0.25) is 0 Å². The lowest BCUT2D eigenvalue weighted by molar-refractivity contribution is -0.123. The van der Waals surface area contributed by atoms with Crippen LogP contribution >= 0.6 is 0 Å². The van der Waals surface area contributed by atoms with Gasteiger partial charge in [-0.25, -0.2) is 0 Å². The van der Waals surface area contributed by atoms with Crippen molar-refractivity contribution in [3.05, 3.63) is 29.8 Å². The molecule has 2 aliphatic rings. The summed E-state index contributed by atoms with van der Waals surface area (Å²) in [5.74, 6) is 0.998. The van der Waals surface area contributed by atoms with Gasteiger partial charge in [0.25, 0.3) is 0 Å². The number of rotatable bonds is 7. The minimum Gasteiger partial charge on any atom is -0.508 e. The summed E-state index contributed by atoms with van der Waals surface area (Å²) in [4.78, 5) is 14.6. The number of aliphatic hydroxyl groups excluding tert-OH is 1. The van der Waals surface area contributed by atoms with E-state index in [2.05, 4.69) is 10.2 Å². The van der Waals surface area contributed by atoms with Crippen molar-refractivity contribution in [1.82, 2.24) is 10.2 Å². The fraction of sp³-hybridized carbons (Fsp3) is 0.650. The Labute approximate surface area is 150 Å². The number of carbonyl (C=O) groups is 1. The van der Waals surface area contributed by atoms with Crippen molar-refractivity contribution in [2.24, 2.45) is 5.92 Å². The number of aromatic hydroxyl groups is 1. The Hall–Kier alpha value is -1.59. The summed E-state index contributed by atoms with van der Waals surface area (Å²) in [6.45, 7) is 1.82. The maximum Gasteiger partial charge on any atom is 0.234 e. The number of phenols is 1. The van der Waals surface area contributed by atoms with E-state index in [0.717, 1.165) is 37.8 Å². The number of aliphatic hydroxyl groups is 1. The number of carbonyl (C=O) groups excluding carboxylic acids is 1.